The van der Waals surface area contributed by atoms with Gasteiger partial charge in [0.15, 0.2) is 0 Å². The van der Waals surface area contributed by atoms with Crippen LogP contribution in [-0.2, 0) is 14.3 Å². The zero-order valence-corrected chi connectivity index (χ0v) is 11.7. The summed E-state index contributed by atoms with van der Waals surface area (Å²) < 4.78 is 5.29. The first-order chi connectivity index (χ1) is 8.22. The van der Waals surface area contributed by atoms with E-state index in [1.54, 1.807) is 20.8 Å². The Balaban J connectivity index is 4.96. The second-order valence-electron chi connectivity index (χ2n) is 5.40. The molecule has 0 saturated heterocycles. The first-order valence-electron chi connectivity index (χ1n) is 6.29. The molecule has 0 radical (unpaired) electrons. The standard InChI is InChI=1S/C14H24O4/c1-6-8-10(12(15)16)11(9-7-2)13(17)18-14(3,4)5/h6,10-11H,1,7-9H2,2-5H3,(H,15,16). The predicted octanol–water partition coefficient (Wildman–Crippen LogP) is 3.02. The molecule has 0 heterocycles. The second-order valence-corrected chi connectivity index (χ2v) is 5.40. The highest BCUT2D eigenvalue weighted by Gasteiger charge is 2.35. The maximum Gasteiger partial charge on any atom is 0.310 e. The third-order valence-corrected chi connectivity index (χ3v) is 2.53. The summed E-state index contributed by atoms with van der Waals surface area (Å²) >= 11 is 0. The highest BCUT2D eigenvalue weighted by molar-refractivity contribution is 5.81. The Kier molecular flexibility index (Phi) is 6.66. The average Bonchev–Trinajstić information content (AvgIpc) is 2.20. The minimum Gasteiger partial charge on any atom is -0.481 e. The topological polar surface area (TPSA) is 63.6 Å². The third-order valence-electron chi connectivity index (χ3n) is 2.53. The van der Waals surface area contributed by atoms with Crippen molar-refractivity contribution < 1.29 is 19.4 Å². The van der Waals surface area contributed by atoms with Crippen LogP contribution < -0.4 is 0 Å². The van der Waals surface area contributed by atoms with Crippen molar-refractivity contribution in [1.82, 2.24) is 0 Å². The molecular weight excluding hydrogens is 232 g/mol. The van der Waals surface area contributed by atoms with E-state index in [2.05, 4.69) is 6.58 Å². The summed E-state index contributed by atoms with van der Waals surface area (Å²) in [5.74, 6) is -2.76. The van der Waals surface area contributed by atoms with Crippen molar-refractivity contribution in [2.45, 2.75) is 52.6 Å². The molecule has 2 atom stereocenters. The van der Waals surface area contributed by atoms with Gasteiger partial charge in [0.1, 0.15) is 5.60 Å². The number of allylic oxidation sites excluding steroid dienone is 1. The fourth-order valence-electron chi connectivity index (χ4n) is 1.79. The summed E-state index contributed by atoms with van der Waals surface area (Å²) in [5.41, 5.74) is -0.597. The van der Waals surface area contributed by atoms with Gasteiger partial charge in [-0.2, -0.15) is 0 Å². The molecule has 0 spiro atoms. The molecule has 0 aromatic heterocycles. The molecule has 0 rings (SSSR count). The summed E-state index contributed by atoms with van der Waals surface area (Å²) in [5, 5.41) is 9.19. The number of hydrogen-bond acceptors (Lipinski definition) is 3. The number of aliphatic carboxylic acids is 1. The van der Waals surface area contributed by atoms with Gasteiger partial charge in [0.2, 0.25) is 0 Å². The van der Waals surface area contributed by atoms with E-state index >= 15 is 0 Å². The average molecular weight is 256 g/mol. The van der Waals surface area contributed by atoms with Gasteiger partial charge < -0.3 is 9.84 Å². The van der Waals surface area contributed by atoms with Gasteiger partial charge in [-0.15, -0.1) is 6.58 Å². The second kappa shape index (κ2) is 7.19. The normalized spacial score (nSPS) is 14.7. The van der Waals surface area contributed by atoms with Gasteiger partial charge >= 0.3 is 11.9 Å². The molecule has 0 saturated carbocycles. The quantitative estimate of drug-likeness (QED) is 0.561. The summed E-state index contributed by atoms with van der Waals surface area (Å²) in [7, 11) is 0. The molecule has 0 fully saturated rings. The van der Waals surface area contributed by atoms with Crippen LogP contribution in [0.1, 0.15) is 47.0 Å². The molecule has 1 N–H and O–H groups in total. The number of hydrogen-bond donors (Lipinski definition) is 1. The Labute approximate surface area is 109 Å². The van der Waals surface area contributed by atoms with E-state index in [-0.39, 0.29) is 6.42 Å². The first kappa shape index (κ1) is 16.7. The van der Waals surface area contributed by atoms with Crippen LogP contribution in [-0.4, -0.2) is 22.6 Å². The van der Waals surface area contributed by atoms with E-state index in [4.69, 9.17) is 4.74 Å². The zero-order valence-electron chi connectivity index (χ0n) is 11.7. The van der Waals surface area contributed by atoms with Gasteiger partial charge in [0.05, 0.1) is 11.8 Å². The Morgan fingerprint density at radius 3 is 2.22 bits per heavy atom. The molecule has 4 heteroatoms. The molecule has 0 aliphatic carbocycles. The van der Waals surface area contributed by atoms with Gasteiger partial charge in [-0.1, -0.05) is 19.4 Å². The van der Waals surface area contributed by atoms with Gasteiger partial charge in [-0.25, -0.2) is 0 Å². The Morgan fingerprint density at radius 1 is 1.33 bits per heavy atom. The fraction of sp³-hybridized carbons (Fsp3) is 0.714. The van der Waals surface area contributed by atoms with Crippen LogP contribution in [0, 0.1) is 11.8 Å². The number of carboxylic acids is 1. The Bertz CT molecular complexity index is 301. The molecule has 2 unspecified atom stereocenters. The number of esters is 1. The van der Waals surface area contributed by atoms with Crippen LogP contribution in [0.2, 0.25) is 0 Å². The lowest BCUT2D eigenvalue weighted by atomic mass is 9.86. The van der Waals surface area contributed by atoms with Gasteiger partial charge in [-0.3, -0.25) is 9.59 Å². The van der Waals surface area contributed by atoms with Crippen molar-refractivity contribution in [3.63, 3.8) is 0 Å². The van der Waals surface area contributed by atoms with E-state index in [9.17, 15) is 14.7 Å². The summed E-state index contributed by atoms with van der Waals surface area (Å²) in [6.07, 6.45) is 3.07. The van der Waals surface area contributed by atoms with Crippen molar-refractivity contribution in [3.8, 4) is 0 Å². The number of rotatable bonds is 7. The van der Waals surface area contributed by atoms with Crippen LogP contribution in [0.4, 0.5) is 0 Å². The number of ether oxygens (including phenoxy) is 1. The van der Waals surface area contributed by atoms with E-state index in [0.717, 1.165) is 6.42 Å². The van der Waals surface area contributed by atoms with Crippen LogP contribution in [0.15, 0.2) is 12.7 Å². The number of carbonyl (C=O) groups is 2. The Morgan fingerprint density at radius 2 is 1.89 bits per heavy atom. The molecule has 104 valence electrons. The van der Waals surface area contributed by atoms with E-state index in [0.29, 0.717) is 6.42 Å². The zero-order chi connectivity index (χ0) is 14.3. The largest absolute Gasteiger partial charge is 0.481 e. The lowest BCUT2D eigenvalue weighted by Gasteiger charge is -2.26. The van der Waals surface area contributed by atoms with Crippen molar-refractivity contribution in [2.24, 2.45) is 11.8 Å². The van der Waals surface area contributed by atoms with E-state index < -0.39 is 29.4 Å². The van der Waals surface area contributed by atoms with Crippen LogP contribution in [0.25, 0.3) is 0 Å². The van der Waals surface area contributed by atoms with Gasteiger partial charge in [-0.05, 0) is 33.6 Å². The maximum atomic E-state index is 12.0. The minimum absolute atomic E-state index is 0.277. The monoisotopic (exact) mass is 256 g/mol. The molecule has 0 bridgehead atoms. The predicted molar refractivity (Wildman–Crippen MR) is 70.2 cm³/mol. The fourth-order valence-corrected chi connectivity index (χ4v) is 1.79. The molecule has 0 aliphatic rings. The molecule has 0 aromatic rings. The molecule has 0 amide bonds. The lowest BCUT2D eigenvalue weighted by molar-refractivity contribution is -0.166. The van der Waals surface area contributed by atoms with E-state index in [1.807, 2.05) is 6.92 Å². The molecule has 0 aliphatic heterocycles. The molecule has 0 aromatic carbocycles. The van der Waals surface area contributed by atoms with Crippen LogP contribution in [0.5, 0.6) is 0 Å². The first-order valence-corrected chi connectivity index (χ1v) is 6.29. The molecular formula is C14H24O4. The number of carboxylic acid groups (broad SMARTS) is 1. The maximum absolute atomic E-state index is 12.0. The van der Waals surface area contributed by atoms with E-state index in [1.165, 1.54) is 6.08 Å². The van der Waals surface area contributed by atoms with Gasteiger partial charge in [0.25, 0.3) is 0 Å². The summed E-state index contributed by atoms with van der Waals surface area (Å²) in [6, 6.07) is 0. The smallest absolute Gasteiger partial charge is 0.310 e. The van der Waals surface area contributed by atoms with Crippen molar-refractivity contribution in [3.05, 3.63) is 12.7 Å². The third kappa shape index (κ3) is 5.84. The minimum atomic E-state index is -0.973. The Hall–Kier alpha value is -1.32. The highest BCUT2D eigenvalue weighted by atomic mass is 16.6. The van der Waals surface area contributed by atoms with Crippen molar-refractivity contribution >= 4 is 11.9 Å². The SMILES string of the molecule is C=CCC(C(=O)O)C(CCC)C(=O)OC(C)(C)C. The lowest BCUT2D eigenvalue weighted by Crippen LogP contribution is -2.35. The summed E-state index contributed by atoms with van der Waals surface area (Å²) in [4.78, 5) is 23.3. The van der Waals surface area contributed by atoms with Crippen molar-refractivity contribution in [2.75, 3.05) is 0 Å². The van der Waals surface area contributed by atoms with Crippen LogP contribution >= 0.6 is 0 Å². The highest BCUT2D eigenvalue weighted by Crippen LogP contribution is 2.25. The molecule has 18 heavy (non-hydrogen) atoms. The number of carbonyl (C=O) groups excluding carboxylic acids is 1. The summed E-state index contributed by atoms with van der Waals surface area (Å²) in [6.45, 7) is 10.8. The van der Waals surface area contributed by atoms with Crippen LogP contribution in [0.3, 0.4) is 0 Å². The molecule has 4 nitrogen and oxygen atoms in total. The van der Waals surface area contributed by atoms with Crippen molar-refractivity contribution in [1.29, 1.82) is 0 Å². The van der Waals surface area contributed by atoms with Gasteiger partial charge in [0, 0.05) is 0 Å².